The second-order valence-electron chi connectivity index (χ2n) is 5.32. The van der Waals surface area contributed by atoms with Crippen LogP contribution in [0.5, 0.6) is 0 Å². The third-order valence-electron chi connectivity index (χ3n) is 3.82. The maximum Gasteiger partial charge on any atom is 0.126 e. The average Bonchev–Trinajstić information content (AvgIpc) is 2.85. The van der Waals surface area contributed by atoms with Crippen LogP contribution in [0.4, 0.5) is 8.78 Å². The van der Waals surface area contributed by atoms with Gasteiger partial charge in [0.15, 0.2) is 0 Å². The summed E-state index contributed by atoms with van der Waals surface area (Å²) in [6, 6.07) is 3.27. The largest absolute Gasteiger partial charge is 0.395 e. The predicted molar refractivity (Wildman–Crippen MR) is 75.7 cm³/mol. The Morgan fingerprint density at radius 1 is 1.29 bits per heavy atom. The first-order valence-electron chi connectivity index (χ1n) is 6.74. The lowest BCUT2D eigenvalue weighted by Crippen LogP contribution is -2.39. The minimum atomic E-state index is -0.862. The molecule has 0 spiro atoms. The van der Waals surface area contributed by atoms with Gasteiger partial charge in [0.1, 0.15) is 11.6 Å². The molecule has 21 heavy (non-hydrogen) atoms. The number of aliphatic hydroxyl groups excluding tert-OH is 1. The molecule has 0 amide bonds. The van der Waals surface area contributed by atoms with Crippen molar-refractivity contribution in [2.45, 2.75) is 18.3 Å². The van der Waals surface area contributed by atoms with Crippen molar-refractivity contribution in [3.8, 4) is 0 Å². The van der Waals surface area contributed by atoms with Gasteiger partial charge in [0.05, 0.1) is 12.8 Å². The van der Waals surface area contributed by atoms with Crippen LogP contribution in [0.25, 0.3) is 0 Å². The quantitative estimate of drug-likeness (QED) is 0.849. The second kappa shape index (κ2) is 6.32. The maximum absolute atomic E-state index is 13.4. The van der Waals surface area contributed by atoms with Crippen molar-refractivity contribution < 1.29 is 13.9 Å². The van der Waals surface area contributed by atoms with Crippen LogP contribution < -0.4 is 5.73 Å². The number of benzene rings is 1. The van der Waals surface area contributed by atoms with Crippen LogP contribution in [-0.4, -0.2) is 28.0 Å². The topological polar surface area (TPSA) is 64.1 Å². The van der Waals surface area contributed by atoms with E-state index in [1.165, 1.54) is 12.1 Å². The molecule has 0 saturated carbocycles. The normalized spacial score (nSPS) is 14.1. The molecule has 2 rings (SSSR count). The van der Waals surface area contributed by atoms with E-state index in [2.05, 4.69) is 5.10 Å². The first-order valence-corrected chi connectivity index (χ1v) is 6.74. The third-order valence-corrected chi connectivity index (χ3v) is 3.82. The van der Waals surface area contributed by atoms with E-state index in [1.807, 2.05) is 13.2 Å². The van der Waals surface area contributed by atoms with Crippen molar-refractivity contribution in [1.29, 1.82) is 0 Å². The number of aliphatic hydroxyl groups is 1. The molecule has 0 aliphatic carbocycles. The van der Waals surface area contributed by atoms with Crippen LogP contribution in [0.1, 0.15) is 17.5 Å². The van der Waals surface area contributed by atoms with E-state index in [1.54, 1.807) is 10.9 Å². The fourth-order valence-corrected chi connectivity index (χ4v) is 2.44. The average molecular weight is 295 g/mol. The number of aromatic nitrogens is 2. The number of hydrogen-bond acceptors (Lipinski definition) is 3. The monoisotopic (exact) mass is 295 g/mol. The zero-order valence-electron chi connectivity index (χ0n) is 11.9. The Labute approximate surface area is 122 Å². The number of rotatable bonds is 6. The van der Waals surface area contributed by atoms with Gasteiger partial charge in [-0.05, 0) is 36.1 Å². The summed E-state index contributed by atoms with van der Waals surface area (Å²) in [5.74, 6) is -1.34. The zero-order chi connectivity index (χ0) is 15.5. The second-order valence-corrected chi connectivity index (χ2v) is 5.32. The highest BCUT2D eigenvalue weighted by atomic mass is 19.1. The van der Waals surface area contributed by atoms with Gasteiger partial charge < -0.3 is 10.8 Å². The molecule has 0 bridgehead atoms. The van der Waals surface area contributed by atoms with Crippen molar-refractivity contribution in [2.75, 3.05) is 13.2 Å². The lowest BCUT2D eigenvalue weighted by atomic mass is 9.76. The van der Waals surface area contributed by atoms with Crippen LogP contribution >= 0.6 is 0 Å². The molecule has 1 aromatic carbocycles. The molecule has 0 radical (unpaired) electrons. The molecule has 0 saturated heterocycles. The number of halogens is 2. The van der Waals surface area contributed by atoms with Gasteiger partial charge in [0.2, 0.25) is 0 Å². The molecule has 1 unspecified atom stereocenters. The van der Waals surface area contributed by atoms with Crippen LogP contribution in [0, 0.1) is 11.6 Å². The molecule has 4 nitrogen and oxygen atoms in total. The van der Waals surface area contributed by atoms with Gasteiger partial charge in [-0.3, -0.25) is 4.68 Å². The lowest BCUT2D eigenvalue weighted by molar-refractivity contribution is 0.187. The summed E-state index contributed by atoms with van der Waals surface area (Å²) in [5, 5.41) is 13.8. The first-order chi connectivity index (χ1) is 9.99. The van der Waals surface area contributed by atoms with Gasteiger partial charge >= 0.3 is 0 Å². The SMILES string of the molecule is Cn1cc(CCC(CN)(CO)c2cc(F)cc(F)c2)cn1. The Kier molecular flexibility index (Phi) is 4.69. The van der Waals surface area contributed by atoms with Gasteiger partial charge in [-0.15, -0.1) is 0 Å². The molecule has 1 heterocycles. The highest BCUT2D eigenvalue weighted by Crippen LogP contribution is 2.29. The number of aryl methyl sites for hydroxylation is 2. The fraction of sp³-hybridized carbons (Fsp3) is 0.400. The van der Waals surface area contributed by atoms with Gasteiger partial charge in [-0.1, -0.05) is 0 Å². The first kappa shape index (κ1) is 15.6. The maximum atomic E-state index is 13.4. The minimum absolute atomic E-state index is 0.104. The van der Waals surface area contributed by atoms with E-state index < -0.39 is 17.0 Å². The van der Waals surface area contributed by atoms with Crippen molar-refractivity contribution in [2.24, 2.45) is 12.8 Å². The fourth-order valence-electron chi connectivity index (χ4n) is 2.44. The van der Waals surface area contributed by atoms with Crippen LogP contribution in [0.3, 0.4) is 0 Å². The Morgan fingerprint density at radius 2 is 1.95 bits per heavy atom. The Bertz CT molecular complexity index is 588. The summed E-state index contributed by atoms with van der Waals surface area (Å²) in [6.07, 6.45) is 4.69. The highest BCUT2D eigenvalue weighted by molar-refractivity contribution is 5.28. The van der Waals surface area contributed by atoms with Crippen molar-refractivity contribution in [1.82, 2.24) is 9.78 Å². The summed E-state index contributed by atoms with van der Waals surface area (Å²) >= 11 is 0. The molecule has 0 aliphatic heterocycles. The molecule has 0 fully saturated rings. The van der Waals surface area contributed by atoms with E-state index >= 15 is 0 Å². The Morgan fingerprint density at radius 3 is 2.43 bits per heavy atom. The van der Waals surface area contributed by atoms with Gasteiger partial charge in [-0.2, -0.15) is 5.10 Å². The van der Waals surface area contributed by atoms with Crippen LogP contribution in [0.2, 0.25) is 0 Å². The lowest BCUT2D eigenvalue weighted by Gasteiger charge is -2.31. The number of nitrogens with zero attached hydrogens (tertiary/aromatic N) is 2. The summed E-state index contributed by atoms with van der Waals surface area (Å²) in [4.78, 5) is 0. The van der Waals surface area contributed by atoms with E-state index in [4.69, 9.17) is 5.73 Å². The summed E-state index contributed by atoms with van der Waals surface area (Å²) in [5.41, 5.74) is 6.30. The molecule has 114 valence electrons. The zero-order valence-corrected chi connectivity index (χ0v) is 11.9. The molecule has 1 aromatic heterocycles. The van der Waals surface area contributed by atoms with Gasteiger partial charge in [0, 0.05) is 31.3 Å². The van der Waals surface area contributed by atoms with E-state index in [0.29, 0.717) is 18.4 Å². The smallest absolute Gasteiger partial charge is 0.126 e. The van der Waals surface area contributed by atoms with E-state index in [-0.39, 0.29) is 13.2 Å². The molecule has 6 heteroatoms. The molecule has 1 atom stereocenters. The number of nitrogens with two attached hydrogens (primary N) is 1. The van der Waals surface area contributed by atoms with Crippen molar-refractivity contribution in [3.63, 3.8) is 0 Å². The summed E-state index contributed by atoms with van der Waals surface area (Å²) < 4.78 is 28.5. The Hall–Kier alpha value is -1.79. The van der Waals surface area contributed by atoms with E-state index in [0.717, 1.165) is 11.6 Å². The molecular weight excluding hydrogens is 276 g/mol. The number of hydrogen-bond donors (Lipinski definition) is 2. The highest BCUT2D eigenvalue weighted by Gasteiger charge is 2.31. The molecule has 2 aromatic rings. The van der Waals surface area contributed by atoms with Crippen molar-refractivity contribution >= 4 is 0 Å². The van der Waals surface area contributed by atoms with Gasteiger partial charge in [-0.25, -0.2) is 8.78 Å². The molecule has 3 N–H and O–H groups in total. The Balaban J connectivity index is 2.26. The van der Waals surface area contributed by atoms with Crippen LogP contribution in [-0.2, 0) is 18.9 Å². The summed E-state index contributed by atoms with van der Waals surface area (Å²) in [6.45, 7) is -0.167. The van der Waals surface area contributed by atoms with Gasteiger partial charge in [0.25, 0.3) is 0 Å². The molecule has 0 aliphatic rings. The molecular formula is C15H19F2N3O. The summed E-state index contributed by atoms with van der Waals surface area (Å²) in [7, 11) is 1.81. The van der Waals surface area contributed by atoms with E-state index in [9.17, 15) is 13.9 Å². The predicted octanol–water partition coefficient (Wildman–Crippen LogP) is 1.52. The van der Waals surface area contributed by atoms with Crippen LogP contribution in [0.15, 0.2) is 30.6 Å². The van der Waals surface area contributed by atoms with Crippen molar-refractivity contribution in [3.05, 3.63) is 53.4 Å². The third kappa shape index (κ3) is 3.46. The minimum Gasteiger partial charge on any atom is -0.395 e. The standard InChI is InChI=1S/C15H19F2N3O/c1-20-8-11(7-19-20)2-3-15(9-18,10-21)12-4-13(16)6-14(17)5-12/h4-8,21H,2-3,9-10,18H2,1H3.